The Balaban J connectivity index is 2.32. The summed E-state index contributed by atoms with van der Waals surface area (Å²) in [5, 5.41) is 3.24. The molecule has 1 atom stereocenters. The van der Waals surface area contributed by atoms with Gasteiger partial charge in [-0.2, -0.15) is 0 Å². The highest BCUT2D eigenvalue weighted by Crippen LogP contribution is 2.28. The first kappa shape index (κ1) is 9.40. The lowest BCUT2D eigenvalue weighted by atomic mass is 10.1. The van der Waals surface area contributed by atoms with Crippen LogP contribution < -0.4 is 10.1 Å². The van der Waals surface area contributed by atoms with Gasteiger partial charge in [-0.15, -0.1) is 0 Å². The molecule has 1 aromatic rings. The van der Waals surface area contributed by atoms with Crippen molar-refractivity contribution in [2.24, 2.45) is 0 Å². The van der Waals surface area contributed by atoms with Crippen molar-refractivity contribution in [1.82, 2.24) is 10.3 Å². The van der Waals surface area contributed by atoms with E-state index in [1.54, 1.807) is 12.3 Å². The minimum absolute atomic E-state index is 0.0798. The molecule has 0 aromatic carbocycles. The highest BCUT2D eigenvalue weighted by atomic mass is 19.1. The molecule has 0 amide bonds. The molecule has 76 valence electrons. The van der Waals surface area contributed by atoms with Gasteiger partial charge in [-0.25, -0.2) is 9.37 Å². The van der Waals surface area contributed by atoms with Gasteiger partial charge in [-0.05, 0) is 25.5 Å². The molecule has 1 saturated heterocycles. The molecular weight excluding hydrogens is 183 g/mol. The van der Waals surface area contributed by atoms with Gasteiger partial charge in [0.1, 0.15) is 0 Å². The maximum absolute atomic E-state index is 13.7. The van der Waals surface area contributed by atoms with Crippen molar-refractivity contribution in [3.63, 3.8) is 0 Å². The second kappa shape index (κ2) is 3.92. The van der Waals surface area contributed by atoms with Gasteiger partial charge in [0.15, 0.2) is 5.82 Å². The van der Waals surface area contributed by atoms with Crippen LogP contribution in [0, 0.1) is 5.82 Å². The van der Waals surface area contributed by atoms with Crippen molar-refractivity contribution in [3.05, 3.63) is 23.6 Å². The van der Waals surface area contributed by atoms with E-state index in [4.69, 9.17) is 4.74 Å². The number of aromatic nitrogens is 1. The summed E-state index contributed by atoms with van der Waals surface area (Å²) in [6.07, 6.45) is 3.65. The number of nitrogens with one attached hydrogen (secondary N) is 1. The Morgan fingerprint density at radius 2 is 2.50 bits per heavy atom. The number of hydrogen-bond acceptors (Lipinski definition) is 3. The minimum atomic E-state index is -0.339. The van der Waals surface area contributed by atoms with E-state index in [0.29, 0.717) is 5.56 Å². The van der Waals surface area contributed by atoms with E-state index in [2.05, 4.69) is 10.3 Å². The zero-order valence-corrected chi connectivity index (χ0v) is 8.09. The second-order valence-corrected chi connectivity index (χ2v) is 3.37. The lowest BCUT2D eigenvalue weighted by molar-refractivity contribution is 0.364. The Morgan fingerprint density at radius 1 is 1.64 bits per heavy atom. The van der Waals surface area contributed by atoms with Gasteiger partial charge in [-0.3, -0.25) is 0 Å². The highest BCUT2D eigenvalue weighted by Gasteiger charge is 2.21. The maximum Gasteiger partial charge on any atom is 0.250 e. The van der Waals surface area contributed by atoms with E-state index < -0.39 is 0 Å². The van der Waals surface area contributed by atoms with Crippen molar-refractivity contribution in [2.45, 2.75) is 18.9 Å². The summed E-state index contributed by atoms with van der Waals surface area (Å²) >= 11 is 0. The molecule has 1 fully saturated rings. The van der Waals surface area contributed by atoms with E-state index in [1.165, 1.54) is 7.11 Å². The van der Waals surface area contributed by atoms with Crippen LogP contribution in [0.3, 0.4) is 0 Å². The van der Waals surface area contributed by atoms with Crippen LogP contribution in [0.1, 0.15) is 24.4 Å². The number of hydrogen-bond donors (Lipinski definition) is 1. The average Bonchev–Trinajstić information content (AvgIpc) is 2.71. The predicted octanol–water partition coefficient (Wildman–Crippen LogP) is 1.65. The quantitative estimate of drug-likeness (QED) is 0.781. The Kier molecular flexibility index (Phi) is 2.63. The fourth-order valence-electron chi connectivity index (χ4n) is 1.80. The van der Waals surface area contributed by atoms with Crippen LogP contribution in [-0.2, 0) is 0 Å². The first-order valence-electron chi connectivity index (χ1n) is 4.74. The van der Waals surface area contributed by atoms with Crippen LogP contribution in [0.25, 0.3) is 0 Å². The van der Waals surface area contributed by atoms with E-state index in [1.807, 2.05) is 0 Å². The SMILES string of the molecule is COc1nccc(C2CCCN2)c1F. The molecule has 0 radical (unpaired) electrons. The van der Waals surface area contributed by atoms with Crippen LogP contribution in [0.5, 0.6) is 5.88 Å². The molecular formula is C10H13FN2O. The number of nitrogens with zero attached hydrogens (tertiary/aromatic N) is 1. The topological polar surface area (TPSA) is 34.1 Å². The van der Waals surface area contributed by atoms with E-state index in [-0.39, 0.29) is 17.7 Å². The number of methoxy groups -OCH3 is 1. The van der Waals surface area contributed by atoms with Crippen LogP contribution in [0.2, 0.25) is 0 Å². The van der Waals surface area contributed by atoms with Gasteiger partial charge in [-0.1, -0.05) is 0 Å². The van der Waals surface area contributed by atoms with Crippen LogP contribution in [-0.4, -0.2) is 18.6 Å². The molecule has 0 aliphatic carbocycles. The predicted molar refractivity (Wildman–Crippen MR) is 50.7 cm³/mol. The van der Waals surface area contributed by atoms with Crippen molar-refractivity contribution < 1.29 is 9.13 Å². The third kappa shape index (κ3) is 1.57. The van der Waals surface area contributed by atoms with Gasteiger partial charge in [0, 0.05) is 17.8 Å². The Labute approximate surface area is 82.3 Å². The zero-order valence-electron chi connectivity index (χ0n) is 8.09. The zero-order chi connectivity index (χ0) is 9.97. The highest BCUT2D eigenvalue weighted by molar-refractivity contribution is 5.27. The third-order valence-electron chi connectivity index (χ3n) is 2.52. The van der Waals surface area contributed by atoms with Gasteiger partial charge >= 0.3 is 0 Å². The summed E-state index contributed by atoms with van der Waals surface area (Å²) in [5.41, 5.74) is 0.661. The standard InChI is InChI=1S/C10H13FN2O/c1-14-10-9(11)7(4-6-13-10)8-3-2-5-12-8/h4,6,8,12H,2-3,5H2,1H3. The lowest BCUT2D eigenvalue weighted by Crippen LogP contribution is -2.14. The van der Waals surface area contributed by atoms with Crippen molar-refractivity contribution in [3.8, 4) is 5.88 Å². The van der Waals surface area contributed by atoms with Crippen LogP contribution in [0.15, 0.2) is 12.3 Å². The van der Waals surface area contributed by atoms with E-state index in [9.17, 15) is 4.39 Å². The molecule has 1 aliphatic heterocycles. The largest absolute Gasteiger partial charge is 0.479 e. The van der Waals surface area contributed by atoms with Crippen molar-refractivity contribution in [1.29, 1.82) is 0 Å². The number of rotatable bonds is 2. The van der Waals surface area contributed by atoms with E-state index >= 15 is 0 Å². The smallest absolute Gasteiger partial charge is 0.250 e. The third-order valence-corrected chi connectivity index (χ3v) is 2.52. The maximum atomic E-state index is 13.7. The molecule has 0 bridgehead atoms. The number of pyridine rings is 1. The summed E-state index contributed by atoms with van der Waals surface area (Å²) in [7, 11) is 1.43. The molecule has 1 aliphatic rings. The first-order chi connectivity index (χ1) is 6.83. The molecule has 14 heavy (non-hydrogen) atoms. The van der Waals surface area contributed by atoms with Gasteiger partial charge < -0.3 is 10.1 Å². The van der Waals surface area contributed by atoms with E-state index in [0.717, 1.165) is 19.4 Å². The van der Waals surface area contributed by atoms with Gasteiger partial charge in [0.25, 0.3) is 0 Å². The molecule has 2 rings (SSSR count). The fourth-order valence-corrected chi connectivity index (χ4v) is 1.80. The second-order valence-electron chi connectivity index (χ2n) is 3.37. The Morgan fingerprint density at radius 3 is 3.14 bits per heavy atom. The Hall–Kier alpha value is -1.16. The molecule has 1 unspecified atom stereocenters. The molecule has 2 heterocycles. The number of ether oxygens (including phenoxy) is 1. The summed E-state index contributed by atoms with van der Waals surface area (Å²) < 4.78 is 18.5. The molecule has 3 nitrogen and oxygen atoms in total. The molecule has 0 spiro atoms. The molecule has 1 N–H and O–H groups in total. The summed E-state index contributed by atoms with van der Waals surface area (Å²) in [4.78, 5) is 3.80. The first-order valence-corrected chi connectivity index (χ1v) is 4.74. The normalized spacial score (nSPS) is 21.1. The summed E-state index contributed by atoms with van der Waals surface area (Å²) in [6, 6.07) is 1.83. The minimum Gasteiger partial charge on any atom is -0.479 e. The lowest BCUT2D eigenvalue weighted by Gasteiger charge is -2.12. The summed E-state index contributed by atoms with van der Waals surface area (Å²) in [5.74, 6) is -0.259. The number of halogens is 1. The average molecular weight is 196 g/mol. The van der Waals surface area contributed by atoms with Gasteiger partial charge in [0.05, 0.1) is 7.11 Å². The fraction of sp³-hybridized carbons (Fsp3) is 0.500. The molecule has 0 saturated carbocycles. The van der Waals surface area contributed by atoms with Crippen LogP contribution >= 0.6 is 0 Å². The van der Waals surface area contributed by atoms with Crippen molar-refractivity contribution in [2.75, 3.05) is 13.7 Å². The monoisotopic (exact) mass is 196 g/mol. The van der Waals surface area contributed by atoms with Crippen molar-refractivity contribution >= 4 is 0 Å². The summed E-state index contributed by atoms with van der Waals surface area (Å²) in [6.45, 7) is 0.953. The molecule has 1 aromatic heterocycles. The van der Waals surface area contributed by atoms with Gasteiger partial charge in [0.2, 0.25) is 5.88 Å². The Bertz CT molecular complexity index is 324. The molecule has 4 heteroatoms. The van der Waals surface area contributed by atoms with Crippen LogP contribution in [0.4, 0.5) is 4.39 Å².